The van der Waals surface area contributed by atoms with Crippen molar-refractivity contribution < 1.29 is 14.6 Å². The summed E-state index contributed by atoms with van der Waals surface area (Å²) in [6.07, 6.45) is 6.43. The van der Waals surface area contributed by atoms with Crippen LogP contribution in [0.25, 0.3) is 0 Å². The van der Waals surface area contributed by atoms with Crippen LogP contribution in [0.2, 0.25) is 0 Å². The number of hydrogen-bond donors (Lipinski definition) is 0. The molecule has 0 radical (unpaired) electrons. The largest absolute Gasteiger partial charge is 0.487 e. The molecule has 0 heterocycles. The zero-order valence-corrected chi connectivity index (χ0v) is 12.1. The van der Waals surface area contributed by atoms with Crippen LogP contribution >= 0.6 is 0 Å². The summed E-state index contributed by atoms with van der Waals surface area (Å²) in [7, 11) is 0. The third kappa shape index (κ3) is 5.37. The second-order valence-corrected chi connectivity index (χ2v) is 4.75. The molecule has 1 rings (SSSR count). The van der Waals surface area contributed by atoms with Gasteiger partial charge < -0.3 is 4.74 Å². The highest BCUT2D eigenvalue weighted by molar-refractivity contribution is 5.61. The van der Waals surface area contributed by atoms with E-state index < -0.39 is 21.2 Å². The van der Waals surface area contributed by atoms with Gasteiger partial charge in [-0.1, -0.05) is 45.1 Å². The van der Waals surface area contributed by atoms with Gasteiger partial charge in [0.25, 0.3) is 0 Å². The second-order valence-electron chi connectivity index (χ2n) is 4.75. The molecule has 116 valence electrons. The molecule has 21 heavy (non-hydrogen) atoms. The van der Waals surface area contributed by atoms with Gasteiger partial charge in [-0.25, -0.2) is 0 Å². The maximum Gasteiger partial charge on any atom is 0.387 e. The Bertz CT molecular complexity index is 490. The van der Waals surface area contributed by atoms with Gasteiger partial charge >= 0.3 is 11.4 Å². The van der Waals surface area contributed by atoms with E-state index in [1.54, 1.807) is 0 Å². The normalized spacial score (nSPS) is 10.3. The van der Waals surface area contributed by atoms with Gasteiger partial charge in [0.05, 0.1) is 16.5 Å². The lowest BCUT2D eigenvalue weighted by Gasteiger charge is -2.06. The van der Waals surface area contributed by atoms with Gasteiger partial charge in [0, 0.05) is 6.07 Å². The van der Waals surface area contributed by atoms with Gasteiger partial charge in [-0.15, -0.1) is 0 Å². The first-order valence-corrected chi connectivity index (χ1v) is 7.12. The van der Waals surface area contributed by atoms with E-state index in [1.165, 1.54) is 31.4 Å². The summed E-state index contributed by atoms with van der Waals surface area (Å²) in [5.41, 5.74) is -1.12. The number of ether oxygens (including phenoxy) is 1. The van der Waals surface area contributed by atoms with E-state index in [1.807, 2.05) is 0 Å². The number of rotatable bonds is 10. The number of nitro groups is 2. The minimum Gasteiger partial charge on any atom is -0.487 e. The highest BCUT2D eigenvalue weighted by Gasteiger charge is 2.29. The predicted octanol–water partition coefficient (Wildman–Crippen LogP) is 4.24. The number of para-hydroxylation sites is 1. The lowest BCUT2D eigenvalue weighted by molar-refractivity contribution is -0.423. The Morgan fingerprint density at radius 1 is 1.00 bits per heavy atom. The van der Waals surface area contributed by atoms with Gasteiger partial charge in [0.15, 0.2) is 0 Å². The zero-order valence-electron chi connectivity index (χ0n) is 12.1. The fourth-order valence-corrected chi connectivity index (χ4v) is 2.02. The zero-order chi connectivity index (χ0) is 15.7. The first kappa shape index (κ1) is 16.9. The molecule has 0 fully saturated rings. The Morgan fingerprint density at radius 3 is 2.29 bits per heavy atom. The van der Waals surface area contributed by atoms with Crippen LogP contribution in [0.15, 0.2) is 18.2 Å². The van der Waals surface area contributed by atoms with Crippen molar-refractivity contribution in [3.8, 4) is 5.75 Å². The number of unbranched alkanes of at least 4 members (excludes halogenated alkanes) is 5. The summed E-state index contributed by atoms with van der Waals surface area (Å²) in [5.74, 6) is -0.0391. The van der Waals surface area contributed by atoms with Crippen molar-refractivity contribution in [3.05, 3.63) is 38.4 Å². The summed E-state index contributed by atoms with van der Waals surface area (Å²) in [6.45, 7) is 2.47. The molecular formula is C14H20N2O5. The van der Waals surface area contributed by atoms with E-state index in [9.17, 15) is 20.2 Å². The molecule has 0 N–H and O–H groups in total. The molecule has 0 spiro atoms. The number of hydrogen-bond acceptors (Lipinski definition) is 5. The van der Waals surface area contributed by atoms with Crippen LogP contribution in [-0.2, 0) is 0 Å². The smallest absolute Gasteiger partial charge is 0.387 e. The Morgan fingerprint density at radius 2 is 1.67 bits per heavy atom. The first-order valence-electron chi connectivity index (χ1n) is 7.12. The molecular weight excluding hydrogens is 276 g/mol. The van der Waals surface area contributed by atoms with E-state index in [0.717, 1.165) is 25.3 Å². The molecule has 7 heteroatoms. The average molecular weight is 296 g/mol. The number of nitrogens with zero attached hydrogens (tertiary/aromatic N) is 2. The van der Waals surface area contributed by atoms with Crippen molar-refractivity contribution in [1.82, 2.24) is 0 Å². The van der Waals surface area contributed by atoms with E-state index in [-0.39, 0.29) is 5.75 Å². The molecule has 0 bridgehead atoms. The molecule has 0 aromatic heterocycles. The maximum absolute atomic E-state index is 11.0. The van der Waals surface area contributed by atoms with E-state index >= 15 is 0 Å². The summed E-state index contributed by atoms with van der Waals surface area (Å²) in [6, 6.07) is 3.89. The Hall–Kier alpha value is -2.18. The molecule has 0 saturated heterocycles. The predicted molar refractivity (Wildman–Crippen MR) is 78.6 cm³/mol. The van der Waals surface area contributed by atoms with Crippen molar-refractivity contribution in [1.29, 1.82) is 0 Å². The standard InChI is InChI=1S/C14H20N2O5/c1-2-3-4-5-6-7-11-21-13-10-8-9-12(15(17)18)14(13)16(19)20/h8-10H,2-7,11H2,1H3. The molecule has 0 unspecified atom stereocenters. The maximum atomic E-state index is 11.0. The van der Waals surface area contributed by atoms with Gasteiger partial charge in [-0.05, 0) is 12.5 Å². The molecule has 0 aliphatic carbocycles. The molecule has 0 aliphatic heterocycles. The Balaban J connectivity index is 2.57. The average Bonchev–Trinajstić information content (AvgIpc) is 2.45. The van der Waals surface area contributed by atoms with Gasteiger partial charge in [-0.2, -0.15) is 0 Å². The van der Waals surface area contributed by atoms with Crippen LogP contribution < -0.4 is 4.74 Å². The monoisotopic (exact) mass is 296 g/mol. The Labute approximate surface area is 123 Å². The Kier molecular flexibility index (Phi) is 7.14. The van der Waals surface area contributed by atoms with Gasteiger partial charge in [0.1, 0.15) is 0 Å². The molecule has 1 aromatic rings. The van der Waals surface area contributed by atoms with Crippen molar-refractivity contribution in [2.75, 3.05) is 6.61 Å². The van der Waals surface area contributed by atoms with Crippen LogP contribution in [0.3, 0.4) is 0 Å². The molecule has 0 saturated carbocycles. The van der Waals surface area contributed by atoms with Crippen LogP contribution in [-0.4, -0.2) is 16.5 Å². The number of nitro benzene ring substituents is 2. The van der Waals surface area contributed by atoms with Crippen LogP contribution in [0.4, 0.5) is 11.4 Å². The fourth-order valence-electron chi connectivity index (χ4n) is 2.02. The minimum absolute atomic E-state index is 0.0391. The first-order chi connectivity index (χ1) is 10.1. The topological polar surface area (TPSA) is 95.5 Å². The summed E-state index contributed by atoms with van der Waals surface area (Å²) >= 11 is 0. The highest BCUT2D eigenvalue weighted by atomic mass is 16.6. The van der Waals surface area contributed by atoms with Crippen LogP contribution in [0.1, 0.15) is 45.4 Å². The van der Waals surface area contributed by atoms with E-state index in [2.05, 4.69) is 6.92 Å². The molecule has 0 atom stereocenters. The lowest BCUT2D eigenvalue weighted by atomic mass is 10.1. The highest BCUT2D eigenvalue weighted by Crippen LogP contribution is 2.36. The summed E-state index contributed by atoms with van der Waals surface area (Å²) in [5, 5.41) is 21.8. The molecule has 0 aliphatic rings. The SMILES string of the molecule is CCCCCCCCOc1cccc([N+](=O)[O-])c1[N+](=O)[O-]. The quantitative estimate of drug-likeness (QED) is 0.365. The second kappa shape index (κ2) is 8.89. The summed E-state index contributed by atoms with van der Waals surface area (Å²) < 4.78 is 5.35. The fraction of sp³-hybridized carbons (Fsp3) is 0.571. The lowest BCUT2D eigenvalue weighted by Crippen LogP contribution is -2.03. The van der Waals surface area contributed by atoms with Crippen molar-refractivity contribution >= 4 is 11.4 Å². The van der Waals surface area contributed by atoms with Crippen molar-refractivity contribution in [2.45, 2.75) is 45.4 Å². The molecule has 1 aromatic carbocycles. The molecule has 0 amide bonds. The van der Waals surface area contributed by atoms with E-state index in [4.69, 9.17) is 4.74 Å². The van der Waals surface area contributed by atoms with Gasteiger partial charge in [-0.3, -0.25) is 20.2 Å². The third-order valence-electron chi connectivity index (χ3n) is 3.11. The van der Waals surface area contributed by atoms with Crippen molar-refractivity contribution in [3.63, 3.8) is 0 Å². The van der Waals surface area contributed by atoms with Gasteiger partial charge in [0.2, 0.25) is 5.75 Å². The third-order valence-corrected chi connectivity index (χ3v) is 3.11. The summed E-state index contributed by atoms with van der Waals surface area (Å²) in [4.78, 5) is 20.2. The van der Waals surface area contributed by atoms with Crippen LogP contribution in [0, 0.1) is 20.2 Å². The number of benzene rings is 1. The van der Waals surface area contributed by atoms with E-state index in [0.29, 0.717) is 6.61 Å². The minimum atomic E-state index is -0.769. The molecule has 7 nitrogen and oxygen atoms in total. The van der Waals surface area contributed by atoms with Crippen LogP contribution in [0.5, 0.6) is 5.75 Å². The van der Waals surface area contributed by atoms with Crippen molar-refractivity contribution in [2.24, 2.45) is 0 Å².